The Labute approximate surface area is 104 Å². The van der Waals surface area contributed by atoms with Gasteiger partial charge in [-0.3, -0.25) is 4.79 Å². The molecule has 1 atom stereocenters. The highest BCUT2D eigenvalue weighted by Gasteiger charge is 2.31. The van der Waals surface area contributed by atoms with Crippen LogP contribution in [0, 0.1) is 11.8 Å². The molecule has 0 aromatic carbocycles. The van der Waals surface area contributed by atoms with Gasteiger partial charge in [0.15, 0.2) is 0 Å². The van der Waals surface area contributed by atoms with Crippen molar-refractivity contribution in [1.82, 2.24) is 5.32 Å². The van der Waals surface area contributed by atoms with Gasteiger partial charge >= 0.3 is 0 Å². The average molecular weight is 241 g/mol. The second-order valence-corrected chi connectivity index (χ2v) is 5.47. The second kappa shape index (κ2) is 6.29. The Balaban J connectivity index is 2.73. The fourth-order valence-electron chi connectivity index (χ4n) is 2.29. The lowest BCUT2D eigenvalue weighted by atomic mass is 9.90. The highest BCUT2D eigenvalue weighted by molar-refractivity contribution is 5.85. The summed E-state index contributed by atoms with van der Waals surface area (Å²) in [6, 6.07) is 0.266. The third-order valence-corrected chi connectivity index (χ3v) is 3.29. The minimum Gasteiger partial charge on any atom is -0.308 e. The second-order valence-electron chi connectivity index (χ2n) is 5.47. The van der Waals surface area contributed by atoms with E-state index in [1.807, 2.05) is 27.7 Å². The third kappa shape index (κ3) is 3.91. The molecule has 1 N–H and O–H groups in total. The maximum Gasteiger partial charge on any atom is 0.142 e. The van der Waals surface area contributed by atoms with E-state index < -0.39 is 0 Å². The monoisotopic (exact) mass is 241 g/mol. The fourth-order valence-corrected chi connectivity index (χ4v) is 2.29. The van der Waals surface area contributed by atoms with Crippen molar-refractivity contribution in [3.63, 3.8) is 0 Å². The molecule has 1 fully saturated rings. The number of nitrogens with one attached hydrogen (secondary N) is 1. The molecule has 0 heterocycles. The molecule has 0 aliphatic heterocycles. The Hall–Kier alpha value is -0.700. The Morgan fingerprint density at radius 1 is 1.41 bits per heavy atom. The molecule has 0 amide bonds. The SMILES string of the molecule is CC(C)NC/C(F)=C1\CCC[C@H]1C(=O)C(C)C. The van der Waals surface area contributed by atoms with E-state index in [4.69, 9.17) is 0 Å². The van der Waals surface area contributed by atoms with Crippen LogP contribution in [0.1, 0.15) is 47.0 Å². The molecule has 2 nitrogen and oxygen atoms in total. The van der Waals surface area contributed by atoms with Gasteiger partial charge in [0.2, 0.25) is 0 Å². The minimum absolute atomic E-state index is 0.000965. The zero-order valence-electron chi connectivity index (χ0n) is 11.3. The topological polar surface area (TPSA) is 29.1 Å². The third-order valence-electron chi connectivity index (χ3n) is 3.29. The van der Waals surface area contributed by atoms with Gasteiger partial charge in [0.05, 0.1) is 0 Å². The largest absolute Gasteiger partial charge is 0.308 e. The first kappa shape index (κ1) is 14.4. The van der Waals surface area contributed by atoms with Crippen molar-refractivity contribution in [2.45, 2.75) is 53.0 Å². The number of halogens is 1. The van der Waals surface area contributed by atoms with Crippen molar-refractivity contribution in [2.75, 3.05) is 6.54 Å². The van der Waals surface area contributed by atoms with E-state index in [1.54, 1.807) is 0 Å². The molecule has 1 rings (SSSR count). The Kier molecular flexibility index (Phi) is 5.31. The highest BCUT2D eigenvalue weighted by Crippen LogP contribution is 2.35. The predicted octanol–water partition coefficient (Wildman–Crippen LogP) is 3.23. The number of hydrogen-bond donors (Lipinski definition) is 1. The quantitative estimate of drug-likeness (QED) is 0.800. The normalized spacial score (nSPS) is 23.6. The molecule has 0 aromatic rings. The number of rotatable bonds is 5. The summed E-state index contributed by atoms with van der Waals surface area (Å²) in [6.45, 7) is 8.02. The van der Waals surface area contributed by atoms with E-state index in [2.05, 4.69) is 5.32 Å². The van der Waals surface area contributed by atoms with Crippen molar-refractivity contribution < 1.29 is 9.18 Å². The Bertz CT molecular complexity index is 307. The van der Waals surface area contributed by atoms with Crippen LogP contribution >= 0.6 is 0 Å². The summed E-state index contributed by atoms with van der Waals surface area (Å²) in [6.07, 6.45) is 2.50. The zero-order chi connectivity index (χ0) is 13.0. The molecular formula is C14H24FNO. The molecule has 0 radical (unpaired) electrons. The number of carbonyl (C=O) groups is 1. The molecule has 17 heavy (non-hydrogen) atoms. The number of allylic oxidation sites excluding steroid dienone is 1. The Morgan fingerprint density at radius 2 is 2.06 bits per heavy atom. The average Bonchev–Trinajstić information content (AvgIpc) is 2.73. The summed E-state index contributed by atoms with van der Waals surface area (Å²) in [7, 11) is 0. The van der Waals surface area contributed by atoms with Crippen molar-refractivity contribution in [3.8, 4) is 0 Å². The summed E-state index contributed by atoms with van der Waals surface area (Å²) in [5.74, 6) is -0.0877. The lowest BCUT2D eigenvalue weighted by Gasteiger charge is -2.15. The molecule has 0 saturated heterocycles. The Morgan fingerprint density at radius 3 is 2.59 bits per heavy atom. The number of carbonyl (C=O) groups excluding carboxylic acids is 1. The van der Waals surface area contributed by atoms with Gasteiger partial charge in [-0.15, -0.1) is 0 Å². The van der Waals surface area contributed by atoms with Crippen LogP contribution in [0.25, 0.3) is 0 Å². The summed E-state index contributed by atoms with van der Waals surface area (Å²) in [4.78, 5) is 12.0. The summed E-state index contributed by atoms with van der Waals surface area (Å²) < 4.78 is 14.0. The lowest BCUT2D eigenvalue weighted by Crippen LogP contribution is -2.26. The molecule has 1 saturated carbocycles. The number of hydrogen-bond acceptors (Lipinski definition) is 2. The minimum atomic E-state index is -0.163. The van der Waals surface area contributed by atoms with Crippen LogP contribution in [0.15, 0.2) is 11.4 Å². The van der Waals surface area contributed by atoms with Crippen LogP contribution in [0.2, 0.25) is 0 Å². The maximum atomic E-state index is 14.0. The van der Waals surface area contributed by atoms with Gasteiger partial charge in [0.25, 0.3) is 0 Å². The van der Waals surface area contributed by atoms with Crippen LogP contribution in [-0.4, -0.2) is 18.4 Å². The maximum absolute atomic E-state index is 14.0. The van der Waals surface area contributed by atoms with Crippen LogP contribution in [0.5, 0.6) is 0 Å². The fraction of sp³-hybridized carbons (Fsp3) is 0.786. The highest BCUT2D eigenvalue weighted by atomic mass is 19.1. The summed E-state index contributed by atoms with van der Waals surface area (Å²) in [5.41, 5.74) is 0.747. The molecule has 0 aromatic heterocycles. The van der Waals surface area contributed by atoms with E-state index in [0.29, 0.717) is 0 Å². The molecule has 3 heteroatoms. The number of Topliss-reactive ketones (excluding diaryl/α,β-unsaturated/α-hetero) is 1. The van der Waals surface area contributed by atoms with Crippen molar-refractivity contribution >= 4 is 5.78 Å². The van der Waals surface area contributed by atoms with Gasteiger partial charge in [-0.25, -0.2) is 4.39 Å². The first-order chi connectivity index (χ1) is 7.93. The lowest BCUT2D eigenvalue weighted by molar-refractivity contribution is -0.124. The molecule has 0 unspecified atom stereocenters. The molecular weight excluding hydrogens is 217 g/mol. The van der Waals surface area contributed by atoms with Crippen molar-refractivity contribution in [3.05, 3.63) is 11.4 Å². The van der Waals surface area contributed by atoms with E-state index in [1.165, 1.54) is 0 Å². The first-order valence-corrected chi connectivity index (χ1v) is 6.58. The molecule has 98 valence electrons. The molecule has 0 spiro atoms. The number of ketones is 1. The summed E-state index contributed by atoms with van der Waals surface area (Å²) >= 11 is 0. The smallest absolute Gasteiger partial charge is 0.142 e. The molecule has 1 aliphatic rings. The van der Waals surface area contributed by atoms with E-state index in [9.17, 15) is 9.18 Å². The van der Waals surface area contributed by atoms with Crippen molar-refractivity contribution in [2.24, 2.45) is 11.8 Å². The van der Waals surface area contributed by atoms with Gasteiger partial charge in [-0.2, -0.15) is 0 Å². The van der Waals surface area contributed by atoms with Gasteiger partial charge < -0.3 is 5.32 Å². The van der Waals surface area contributed by atoms with Crippen LogP contribution in [-0.2, 0) is 4.79 Å². The van der Waals surface area contributed by atoms with E-state index >= 15 is 0 Å². The molecule has 0 bridgehead atoms. The zero-order valence-corrected chi connectivity index (χ0v) is 11.3. The van der Waals surface area contributed by atoms with E-state index in [0.717, 1.165) is 24.8 Å². The predicted molar refractivity (Wildman–Crippen MR) is 68.5 cm³/mol. The van der Waals surface area contributed by atoms with Crippen LogP contribution in [0.3, 0.4) is 0 Å². The van der Waals surface area contributed by atoms with Gasteiger partial charge in [-0.05, 0) is 24.8 Å². The first-order valence-electron chi connectivity index (χ1n) is 6.58. The summed E-state index contributed by atoms with van der Waals surface area (Å²) in [5, 5.41) is 3.07. The van der Waals surface area contributed by atoms with Crippen LogP contribution < -0.4 is 5.32 Å². The van der Waals surface area contributed by atoms with Gasteiger partial charge in [0, 0.05) is 24.4 Å². The molecule has 1 aliphatic carbocycles. The van der Waals surface area contributed by atoms with Gasteiger partial charge in [-0.1, -0.05) is 27.7 Å². The van der Waals surface area contributed by atoms with Crippen LogP contribution in [0.4, 0.5) is 4.39 Å². The standard InChI is InChI=1S/C14H24FNO/c1-9(2)14(17)12-7-5-6-11(12)13(15)8-16-10(3)4/h9-10,12,16H,5-8H2,1-4H3/b13-11-/t12-/m1/s1. The van der Waals surface area contributed by atoms with E-state index in [-0.39, 0.29) is 36.0 Å². The van der Waals surface area contributed by atoms with Gasteiger partial charge in [0.1, 0.15) is 11.6 Å². The van der Waals surface area contributed by atoms with Crippen molar-refractivity contribution in [1.29, 1.82) is 0 Å².